The Morgan fingerprint density at radius 1 is 0.976 bits per heavy atom. The minimum atomic E-state index is -4.19. The maximum absolute atomic E-state index is 14.1. The summed E-state index contributed by atoms with van der Waals surface area (Å²) < 4.78 is 34.1. The molecular weight excluding hydrogens is 562 g/mol. The van der Waals surface area contributed by atoms with Gasteiger partial charge in [-0.05, 0) is 80.8 Å². The average Bonchev–Trinajstić information content (AvgIpc) is 2.96. The molecule has 2 amide bonds. The molecule has 0 saturated heterocycles. The molecule has 8 nitrogen and oxygen atoms in total. The van der Waals surface area contributed by atoms with Crippen LogP contribution in [-0.2, 0) is 26.2 Å². The van der Waals surface area contributed by atoms with E-state index in [0.717, 1.165) is 21.9 Å². The number of benzene rings is 3. The van der Waals surface area contributed by atoms with Crippen molar-refractivity contribution in [2.75, 3.05) is 18.0 Å². The molecule has 0 spiro atoms. The lowest BCUT2D eigenvalue weighted by Gasteiger charge is -2.33. The summed E-state index contributed by atoms with van der Waals surface area (Å²) in [5.41, 5.74) is 2.12. The second kappa shape index (κ2) is 14.4. The van der Waals surface area contributed by atoms with E-state index < -0.39 is 28.5 Å². The van der Waals surface area contributed by atoms with Crippen LogP contribution in [0.25, 0.3) is 0 Å². The minimum absolute atomic E-state index is 0.00663. The first kappa shape index (κ1) is 32.0. The van der Waals surface area contributed by atoms with Crippen LogP contribution in [0, 0.1) is 6.92 Å². The van der Waals surface area contributed by atoms with Gasteiger partial charge in [0.05, 0.1) is 17.7 Å². The first-order valence-electron chi connectivity index (χ1n) is 13.6. The highest BCUT2D eigenvalue weighted by Crippen LogP contribution is 2.27. The highest BCUT2D eigenvalue weighted by Gasteiger charge is 2.34. The molecule has 0 aliphatic carbocycles. The molecule has 0 bridgehead atoms. The van der Waals surface area contributed by atoms with Crippen molar-refractivity contribution < 1.29 is 22.7 Å². The Morgan fingerprint density at radius 2 is 1.63 bits per heavy atom. The van der Waals surface area contributed by atoms with Crippen molar-refractivity contribution >= 4 is 39.1 Å². The van der Waals surface area contributed by atoms with Crippen molar-refractivity contribution in [3.05, 3.63) is 88.9 Å². The number of carbonyl (C=O) groups excluding carboxylic acids is 2. The van der Waals surface area contributed by atoms with Crippen LogP contribution in [-0.4, -0.2) is 50.9 Å². The Kier molecular flexibility index (Phi) is 11.2. The van der Waals surface area contributed by atoms with Crippen molar-refractivity contribution in [1.82, 2.24) is 10.2 Å². The minimum Gasteiger partial charge on any atom is -0.497 e. The average molecular weight is 600 g/mol. The zero-order valence-corrected chi connectivity index (χ0v) is 25.7. The van der Waals surface area contributed by atoms with Crippen molar-refractivity contribution in [2.24, 2.45) is 0 Å². The predicted molar refractivity (Wildman–Crippen MR) is 163 cm³/mol. The lowest BCUT2D eigenvalue weighted by molar-refractivity contribution is -0.140. The topological polar surface area (TPSA) is 96.0 Å². The van der Waals surface area contributed by atoms with E-state index in [2.05, 4.69) is 5.32 Å². The number of ether oxygens (including phenoxy) is 1. The SMILES string of the molecule is CC[C@H](C)NC(=O)[C@H](CC)N(Cc1cccc(C)c1)C(=O)CN(c1ccc(Cl)cc1)S(=O)(=O)c1ccc(OC)cc1. The van der Waals surface area contributed by atoms with Gasteiger partial charge in [0.1, 0.15) is 18.3 Å². The Bertz CT molecular complexity index is 1430. The van der Waals surface area contributed by atoms with E-state index in [0.29, 0.717) is 17.2 Å². The third-order valence-electron chi connectivity index (χ3n) is 6.86. The quantitative estimate of drug-likeness (QED) is 0.277. The van der Waals surface area contributed by atoms with Crippen LogP contribution in [0.1, 0.15) is 44.7 Å². The van der Waals surface area contributed by atoms with Gasteiger partial charge in [-0.1, -0.05) is 55.3 Å². The predicted octanol–water partition coefficient (Wildman–Crippen LogP) is 5.57. The van der Waals surface area contributed by atoms with E-state index >= 15 is 0 Å². The zero-order valence-electron chi connectivity index (χ0n) is 24.1. The van der Waals surface area contributed by atoms with Gasteiger partial charge in [-0.3, -0.25) is 13.9 Å². The van der Waals surface area contributed by atoms with Gasteiger partial charge < -0.3 is 15.0 Å². The Labute approximate surface area is 248 Å². The van der Waals surface area contributed by atoms with Gasteiger partial charge in [0, 0.05) is 17.6 Å². The highest BCUT2D eigenvalue weighted by molar-refractivity contribution is 7.92. The number of hydrogen-bond acceptors (Lipinski definition) is 5. The Balaban J connectivity index is 2.05. The van der Waals surface area contributed by atoms with Gasteiger partial charge in [-0.25, -0.2) is 8.42 Å². The normalized spacial score (nSPS) is 12.7. The van der Waals surface area contributed by atoms with Crippen LogP contribution < -0.4 is 14.4 Å². The summed E-state index contributed by atoms with van der Waals surface area (Å²) >= 11 is 6.09. The van der Waals surface area contributed by atoms with E-state index in [1.807, 2.05) is 52.0 Å². The van der Waals surface area contributed by atoms with Crippen LogP contribution in [0.3, 0.4) is 0 Å². The third-order valence-corrected chi connectivity index (χ3v) is 8.90. The summed E-state index contributed by atoms with van der Waals surface area (Å²) in [4.78, 5) is 28.9. The molecule has 3 rings (SSSR count). The summed E-state index contributed by atoms with van der Waals surface area (Å²) in [6.45, 7) is 7.28. The van der Waals surface area contributed by atoms with E-state index in [-0.39, 0.29) is 29.1 Å². The molecule has 0 aromatic heterocycles. The van der Waals surface area contributed by atoms with Crippen molar-refractivity contribution in [1.29, 1.82) is 0 Å². The lowest BCUT2D eigenvalue weighted by atomic mass is 10.1. The number of hydrogen-bond donors (Lipinski definition) is 1. The number of nitrogens with one attached hydrogen (secondary N) is 1. The molecule has 0 aliphatic rings. The number of nitrogens with zero attached hydrogens (tertiary/aromatic N) is 2. The standard InChI is InChI=1S/C31H38ClN3O5S/c1-6-23(4)33-31(37)29(7-2)34(20-24-10-8-9-22(3)19-24)30(36)21-35(26-13-11-25(32)12-14-26)41(38,39)28-17-15-27(40-5)16-18-28/h8-19,23,29H,6-7,20-21H2,1-5H3,(H,33,37)/t23-,29-/m0/s1. The number of anilines is 1. The number of sulfonamides is 1. The van der Waals surface area contributed by atoms with Gasteiger partial charge in [-0.2, -0.15) is 0 Å². The molecule has 0 radical (unpaired) electrons. The highest BCUT2D eigenvalue weighted by atomic mass is 35.5. The van der Waals surface area contributed by atoms with Gasteiger partial charge in [0.2, 0.25) is 11.8 Å². The van der Waals surface area contributed by atoms with E-state index in [1.165, 1.54) is 24.1 Å². The number of amides is 2. The van der Waals surface area contributed by atoms with E-state index in [9.17, 15) is 18.0 Å². The van der Waals surface area contributed by atoms with Crippen LogP contribution >= 0.6 is 11.6 Å². The van der Waals surface area contributed by atoms with Crippen molar-refractivity contribution in [3.8, 4) is 5.75 Å². The van der Waals surface area contributed by atoms with Crippen molar-refractivity contribution in [2.45, 2.75) is 64.1 Å². The molecule has 0 aliphatic heterocycles. The van der Waals surface area contributed by atoms with Crippen LogP contribution in [0.4, 0.5) is 5.69 Å². The number of methoxy groups -OCH3 is 1. The zero-order chi connectivity index (χ0) is 30.2. The van der Waals surface area contributed by atoms with Gasteiger partial charge in [-0.15, -0.1) is 0 Å². The summed E-state index contributed by atoms with van der Waals surface area (Å²) in [6, 6.07) is 19.0. The van der Waals surface area contributed by atoms with E-state index in [4.69, 9.17) is 16.3 Å². The summed E-state index contributed by atoms with van der Waals surface area (Å²) in [5, 5.41) is 3.41. The number of rotatable bonds is 13. The Morgan fingerprint density at radius 3 is 2.20 bits per heavy atom. The number of halogens is 1. The maximum atomic E-state index is 14.1. The fourth-order valence-corrected chi connectivity index (χ4v) is 5.92. The maximum Gasteiger partial charge on any atom is 0.264 e. The number of aryl methyl sites for hydroxylation is 1. The molecular formula is C31H38ClN3O5S. The molecule has 0 saturated carbocycles. The second-order valence-electron chi connectivity index (χ2n) is 9.92. The molecule has 0 unspecified atom stereocenters. The summed E-state index contributed by atoms with van der Waals surface area (Å²) in [7, 11) is -2.70. The largest absolute Gasteiger partial charge is 0.497 e. The molecule has 2 atom stereocenters. The third kappa shape index (κ3) is 8.24. The molecule has 0 fully saturated rings. The molecule has 0 heterocycles. The fourth-order valence-electron chi connectivity index (χ4n) is 4.38. The van der Waals surface area contributed by atoms with E-state index in [1.54, 1.807) is 36.4 Å². The monoisotopic (exact) mass is 599 g/mol. The second-order valence-corrected chi connectivity index (χ2v) is 12.2. The smallest absolute Gasteiger partial charge is 0.264 e. The summed E-state index contributed by atoms with van der Waals surface area (Å²) in [5.74, 6) is -0.288. The molecule has 220 valence electrons. The van der Waals surface area contributed by atoms with Gasteiger partial charge >= 0.3 is 0 Å². The molecule has 1 N–H and O–H groups in total. The molecule has 3 aromatic rings. The molecule has 41 heavy (non-hydrogen) atoms. The first-order chi connectivity index (χ1) is 19.5. The van der Waals surface area contributed by atoms with Gasteiger partial charge in [0.15, 0.2) is 0 Å². The van der Waals surface area contributed by atoms with Crippen LogP contribution in [0.2, 0.25) is 5.02 Å². The fraction of sp³-hybridized carbons (Fsp3) is 0.355. The van der Waals surface area contributed by atoms with Crippen molar-refractivity contribution in [3.63, 3.8) is 0 Å². The van der Waals surface area contributed by atoms with Crippen LogP contribution in [0.15, 0.2) is 77.7 Å². The van der Waals surface area contributed by atoms with Gasteiger partial charge in [0.25, 0.3) is 10.0 Å². The summed E-state index contributed by atoms with van der Waals surface area (Å²) in [6.07, 6.45) is 1.09. The Hall–Kier alpha value is -3.56. The number of carbonyl (C=O) groups is 2. The molecule has 10 heteroatoms. The lowest BCUT2D eigenvalue weighted by Crippen LogP contribution is -2.53. The first-order valence-corrected chi connectivity index (χ1v) is 15.4. The van der Waals surface area contributed by atoms with Crippen LogP contribution in [0.5, 0.6) is 5.75 Å². The molecule has 3 aromatic carbocycles.